The Hall–Kier alpha value is -5.02. The highest BCUT2D eigenvalue weighted by Crippen LogP contribution is 2.52. The third-order valence-electron chi connectivity index (χ3n) is 15.8. The SMILES string of the molecule is Cc1ccc2c(c1)N(c1ccc(C(C)(C)C)cc1-c1ccc(C(C)(C)C)cc1)c1ccc(C(C)(C)C)cc1B2c1cc2c(cc1Nc1ccc3c(c1)C(C)(C)CC3(C)C)C(C)(C)CC2(C)C. The highest BCUT2D eigenvalue weighted by atomic mass is 15.2. The molecule has 0 aromatic heterocycles. The first-order chi connectivity index (χ1) is 30.5. The lowest BCUT2D eigenvalue weighted by molar-refractivity contribution is 0.403. The van der Waals surface area contributed by atoms with Crippen LogP contribution in [0.25, 0.3) is 11.1 Å². The zero-order chi connectivity index (χ0) is 47.9. The second-order valence-corrected chi connectivity index (χ2v) is 26.4. The van der Waals surface area contributed by atoms with Crippen molar-refractivity contribution in [3.63, 3.8) is 0 Å². The minimum absolute atomic E-state index is 0.0102. The van der Waals surface area contributed by atoms with Crippen LogP contribution in [-0.4, -0.2) is 6.71 Å². The summed E-state index contributed by atoms with van der Waals surface area (Å²) in [4.78, 5) is 2.61. The van der Waals surface area contributed by atoms with Gasteiger partial charge in [0.15, 0.2) is 0 Å². The number of fused-ring (bicyclic) bond motifs is 4. The van der Waals surface area contributed by atoms with Gasteiger partial charge in [-0.2, -0.15) is 0 Å². The van der Waals surface area contributed by atoms with E-state index in [1.165, 1.54) is 100 Å². The van der Waals surface area contributed by atoms with E-state index in [2.05, 4.69) is 244 Å². The number of hydrogen-bond donors (Lipinski definition) is 1. The summed E-state index contributed by atoms with van der Waals surface area (Å²) in [6.45, 7) is 42.7. The van der Waals surface area contributed by atoms with E-state index in [9.17, 15) is 0 Å². The Kier molecular flexibility index (Phi) is 10.5. The summed E-state index contributed by atoms with van der Waals surface area (Å²) in [5.41, 5.74) is 24.2. The van der Waals surface area contributed by atoms with Crippen molar-refractivity contribution in [2.45, 2.75) is 175 Å². The molecule has 0 unspecified atom stereocenters. The third-order valence-corrected chi connectivity index (χ3v) is 15.8. The Balaban J connectivity index is 1.32. The monoisotopic (exact) mass is 873 g/mol. The van der Waals surface area contributed by atoms with Gasteiger partial charge in [0.05, 0.1) is 5.69 Å². The van der Waals surface area contributed by atoms with Crippen molar-refractivity contribution < 1.29 is 0 Å². The van der Waals surface area contributed by atoms with Crippen LogP contribution in [0, 0.1) is 6.92 Å². The molecule has 9 rings (SSSR count). The zero-order valence-corrected chi connectivity index (χ0v) is 43.8. The molecule has 0 fully saturated rings. The molecule has 0 bridgehead atoms. The molecule has 0 spiro atoms. The number of anilines is 5. The second-order valence-electron chi connectivity index (χ2n) is 26.4. The molecule has 1 heterocycles. The van der Waals surface area contributed by atoms with Gasteiger partial charge in [0, 0.05) is 28.3 Å². The molecule has 6 aromatic carbocycles. The summed E-state index contributed by atoms with van der Waals surface area (Å²) in [6, 6.07) is 43.7. The van der Waals surface area contributed by atoms with Crippen LogP contribution in [0.3, 0.4) is 0 Å². The molecule has 0 amide bonds. The lowest BCUT2D eigenvalue weighted by atomic mass is 9.34. The Labute approximate surface area is 400 Å². The minimum Gasteiger partial charge on any atom is -0.356 e. The van der Waals surface area contributed by atoms with Crippen LogP contribution in [0.4, 0.5) is 28.4 Å². The average molecular weight is 873 g/mol. The number of aryl methyl sites for hydroxylation is 1. The molecule has 6 aromatic rings. The fourth-order valence-electron chi connectivity index (χ4n) is 12.6. The van der Waals surface area contributed by atoms with E-state index in [4.69, 9.17) is 0 Å². The fourth-order valence-corrected chi connectivity index (χ4v) is 12.6. The maximum Gasteiger partial charge on any atom is 0.249 e. The molecule has 3 heteroatoms. The summed E-state index contributed by atoms with van der Waals surface area (Å²) < 4.78 is 0. The average Bonchev–Trinajstić information content (AvgIpc) is 3.51. The van der Waals surface area contributed by atoms with Crippen LogP contribution in [0.2, 0.25) is 0 Å². The molecule has 0 saturated heterocycles. The van der Waals surface area contributed by atoms with E-state index in [0.717, 1.165) is 12.8 Å². The number of nitrogens with one attached hydrogen (secondary N) is 1. The molecular formula is C63H77BN2. The Morgan fingerprint density at radius 1 is 0.439 bits per heavy atom. The standard InChI is InChI=1S/C63H77BN2/c1-39-19-28-50-56(31-39)66(54-29-24-42(58(5,6)7)32-45(54)40-20-22-41(23-21-40)57(2,3)4)55-30-25-43(59(8,9)10)33-52(55)64(50)51-35-48-49(63(17,18)38-62(48,15)16)36-53(51)65-44-26-27-46-47(34-44)61(13,14)37-60(46,11)12/h19-36,65H,37-38H2,1-18H3. The summed E-state index contributed by atoms with van der Waals surface area (Å²) in [5, 5.41) is 4.17. The van der Waals surface area contributed by atoms with Gasteiger partial charge in [0.1, 0.15) is 0 Å². The normalized spacial score (nSPS) is 17.8. The quantitative estimate of drug-likeness (QED) is 0.173. The van der Waals surface area contributed by atoms with E-state index < -0.39 is 0 Å². The summed E-state index contributed by atoms with van der Waals surface area (Å²) in [7, 11) is 0. The molecule has 2 nitrogen and oxygen atoms in total. The first-order valence-corrected chi connectivity index (χ1v) is 24.9. The largest absolute Gasteiger partial charge is 0.356 e. The molecule has 342 valence electrons. The van der Waals surface area contributed by atoms with Crippen LogP contribution >= 0.6 is 0 Å². The lowest BCUT2D eigenvalue weighted by Gasteiger charge is -2.40. The van der Waals surface area contributed by atoms with Gasteiger partial charge < -0.3 is 10.2 Å². The summed E-state index contributed by atoms with van der Waals surface area (Å²) in [6.07, 6.45) is 2.26. The van der Waals surface area contributed by atoms with E-state index in [-0.39, 0.29) is 44.6 Å². The van der Waals surface area contributed by atoms with E-state index >= 15 is 0 Å². The number of nitrogens with zero attached hydrogens (tertiary/aromatic N) is 1. The summed E-state index contributed by atoms with van der Waals surface area (Å²) in [5.74, 6) is 0. The van der Waals surface area contributed by atoms with Crippen LogP contribution < -0.4 is 26.6 Å². The maximum absolute atomic E-state index is 4.17. The van der Waals surface area contributed by atoms with Crippen LogP contribution in [0.15, 0.2) is 109 Å². The topological polar surface area (TPSA) is 15.3 Å². The first kappa shape index (κ1) is 46.1. The van der Waals surface area contributed by atoms with Gasteiger partial charge >= 0.3 is 0 Å². The molecule has 2 aliphatic carbocycles. The van der Waals surface area contributed by atoms with Crippen molar-refractivity contribution in [3.05, 3.63) is 154 Å². The van der Waals surface area contributed by atoms with E-state index in [0.29, 0.717) is 0 Å². The van der Waals surface area contributed by atoms with Crippen molar-refractivity contribution in [3.8, 4) is 11.1 Å². The van der Waals surface area contributed by atoms with Gasteiger partial charge in [0.2, 0.25) is 6.71 Å². The highest BCUT2D eigenvalue weighted by Gasteiger charge is 2.46. The van der Waals surface area contributed by atoms with Gasteiger partial charge in [-0.3, -0.25) is 0 Å². The predicted octanol–water partition coefficient (Wildman–Crippen LogP) is 15.5. The molecule has 1 N–H and O–H groups in total. The lowest BCUT2D eigenvalue weighted by Crippen LogP contribution is -2.58. The van der Waals surface area contributed by atoms with Gasteiger partial charge in [0.25, 0.3) is 0 Å². The van der Waals surface area contributed by atoms with Gasteiger partial charge in [-0.05, 0) is 167 Å². The molecule has 0 atom stereocenters. The van der Waals surface area contributed by atoms with Gasteiger partial charge in [-0.1, -0.05) is 184 Å². The van der Waals surface area contributed by atoms with Crippen LogP contribution in [-0.2, 0) is 37.9 Å². The van der Waals surface area contributed by atoms with Gasteiger partial charge in [-0.25, -0.2) is 0 Å². The fraction of sp³-hybridized carbons (Fsp3) is 0.429. The zero-order valence-electron chi connectivity index (χ0n) is 43.8. The molecular weight excluding hydrogens is 796 g/mol. The van der Waals surface area contributed by atoms with Crippen molar-refractivity contribution in [2.24, 2.45) is 0 Å². The predicted molar refractivity (Wildman–Crippen MR) is 290 cm³/mol. The van der Waals surface area contributed by atoms with E-state index in [1.54, 1.807) is 0 Å². The smallest absolute Gasteiger partial charge is 0.249 e. The van der Waals surface area contributed by atoms with Crippen molar-refractivity contribution in [2.75, 3.05) is 10.2 Å². The summed E-state index contributed by atoms with van der Waals surface area (Å²) >= 11 is 0. The minimum atomic E-state index is -0.0394. The van der Waals surface area contributed by atoms with Crippen molar-refractivity contribution in [1.29, 1.82) is 0 Å². The van der Waals surface area contributed by atoms with Crippen LogP contribution in [0.1, 0.15) is 175 Å². The Bertz CT molecular complexity index is 2900. The highest BCUT2D eigenvalue weighted by molar-refractivity contribution is 6.98. The van der Waals surface area contributed by atoms with Crippen molar-refractivity contribution in [1.82, 2.24) is 0 Å². The second kappa shape index (κ2) is 15.0. The first-order valence-electron chi connectivity index (χ1n) is 24.9. The molecule has 0 saturated carbocycles. The Morgan fingerprint density at radius 2 is 0.955 bits per heavy atom. The van der Waals surface area contributed by atoms with E-state index in [1.807, 2.05) is 0 Å². The Morgan fingerprint density at radius 3 is 1.55 bits per heavy atom. The molecule has 66 heavy (non-hydrogen) atoms. The molecule has 1 aliphatic heterocycles. The number of benzene rings is 6. The number of rotatable bonds is 5. The van der Waals surface area contributed by atoms with Crippen LogP contribution in [0.5, 0.6) is 0 Å². The molecule has 0 radical (unpaired) electrons. The van der Waals surface area contributed by atoms with Crippen molar-refractivity contribution >= 4 is 51.5 Å². The number of hydrogen-bond acceptors (Lipinski definition) is 2. The molecule has 3 aliphatic rings. The maximum atomic E-state index is 4.17. The third kappa shape index (κ3) is 7.85. The van der Waals surface area contributed by atoms with Gasteiger partial charge in [-0.15, -0.1) is 0 Å².